The van der Waals surface area contributed by atoms with E-state index >= 15 is 0 Å². The van der Waals surface area contributed by atoms with Crippen LogP contribution in [0.25, 0.3) is 32.7 Å². The number of hydrogen-bond donors (Lipinski definition) is 0. The number of ether oxygens (including phenoxy) is 2. The minimum absolute atomic E-state index is 0.715. The van der Waals surface area contributed by atoms with Crippen molar-refractivity contribution >= 4 is 53.4 Å². The van der Waals surface area contributed by atoms with Gasteiger partial charge in [-0.05, 0) is 33.7 Å². The van der Waals surface area contributed by atoms with E-state index in [2.05, 4.69) is 92.5 Å². The Labute approximate surface area is 181 Å². The van der Waals surface area contributed by atoms with Gasteiger partial charge in [-0.3, -0.25) is 0 Å². The third-order valence-corrected chi connectivity index (χ3v) is 6.31. The summed E-state index contributed by atoms with van der Waals surface area (Å²) >= 11 is 7.27. The van der Waals surface area contributed by atoms with Crippen molar-refractivity contribution in [2.75, 3.05) is 14.2 Å². The van der Waals surface area contributed by atoms with Gasteiger partial charge in [0.15, 0.2) is 0 Å². The number of rotatable bonds is 5. The Hall–Kier alpha value is -2.04. The van der Waals surface area contributed by atoms with E-state index in [1.54, 1.807) is 14.2 Å². The Balaban J connectivity index is 2.27. The van der Waals surface area contributed by atoms with Gasteiger partial charge in [0, 0.05) is 32.9 Å². The minimum atomic E-state index is 0.715. The molecule has 0 saturated heterocycles. The Kier molecular flexibility index (Phi) is 5.61. The largest absolute Gasteiger partial charge is 0.496 e. The van der Waals surface area contributed by atoms with Crippen LogP contribution >= 0.6 is 31.9 Å². The topological polar surface area (TPSA) is 18.5 Å². The molecule has 142 valence electrons. The zero-order valence-corrected chi connectivity index (χ0v) is 18.9. The summed E-state index contributed by atoms with van der Waals surface area (Å²) in [4.78, 5) is 0. The average Bonchev–Trinajstić information content (AvgIpc) is 2.76. The number of methoxy groups -OCH3 is 2. The van der Waals surface area contributed by atoms with Gasteiger partial charge in [-0.1, -0.05) is 80.4 Å². The summed E-state index contributed by atoms with van der Waals surface area (Å²) in [6.07, 6.45) is 0. The van der Waals surface area contributed by atoms with Crippen LogP contribution in [0.5, 0.6) is 11.5 Å². The number of alkyl halides is 2. The smallest absolute Gasteiger partial charge is 0.131 e. The maximum atomic E-state index is 5.95. The summed E-state index contributed by atoms with van der Waals surface area (Å²) in [7, 11) is 3.48. The fraction of sp³-hybridized carbons (Fsp3) is 0.167. The highest BCUT2D eigenvalue weighted by Crippen LogP contribution is 2.48. The lowest BCUT2D eigenvalue weighted by Gasteiger charge is -2.21. The molecule has 4 aromatic carbocycles. The molecule has 0 aliphatic carbocycles. The SMILES string of the molecule is COc1c(CBr)cc2ccccc2c1-c1c(OC)c(CBr)cc2ccccc12. The van der Waals surface area contributed by atoms with Crippen LogP contribution in [0, 0.1) is 0 Å². The Morgan fingerprint density at radius 3 is 1.39 bits per heavy atom. The van der Waals surface area contributed by atoms with Crippen LogP contribution in [0.15, 0.2) is 60.7 Å². The highest BCUT2D eigenvalue weighted by atomic mass is 79.9. The molecule has 0 aromatic heterocycles. The first kappa shape index (κ1) is 19.3. The van der Waals surface area contributed by atoms with Gasteiger partial charge in [-0.25, -0.2) is 0 Å². The first-order valence-electron chi connectivity index (χ1n) is 9.03. The van der Waals surface area contributed by atoms with Crippen molar-refractivity contribution in [1.29, 1.82) is 0 Å². The lowest BCUT2D eigenvalue weighted by atomic mass is 9.89. The molecule has 4 heteroatoms. The molecule has 2 nitrogen and oxygen atoms in total. The first-order valence-corrected chi connectivity index (χ1v) is 11.3. The average molecular weight is 500 g/mol. The highest BCUT2D eigenvalue weighted by Gasteiger charge is 2.22. The molecule has 4 rings (SSSR count). The summed E-state index contributed by atoms with van der Waals surface area (Å²) < 4.78 is 11.9. The van der Waals surface area contributed by atoms with Gasteiger partial charge in [0.25, 0.3) is 0 Å². The normalized spacial score (nSPS) is 11.1. The molecule has 0 amide bonds. The summed E-state index contributed by atoms with van der Waals surface area (Å²) in [5.41, 5.74) is 4.38. The zero-order chi connectivity index (χ0) is 19.7. The second-order valence-corrected chi connectivity index (χ2v) is 7.72. The van der Waals surface area contributed by atoms with Crippen LogP contribution in [0.3, 0.4) is 0 Å². The molecule has 0 unspecified atom stereocenters. The maximum Gasteiger partial charge on any atom is 0.131 e. The molecule has 0 aliphatic heterocycles. The van der Waals surface area contributed by atoms with Crippen molar-refractivity contribution in [2.24, 2.45) is 0 Å². The fourth-order valence-corrected chi connectivity index (χ4v) is 4.77. The van der Waals surface area contributed by atoms with Crippen LogP contribution < -0.4 is 9.47 Å². The molecule has 0 fully saturated rings. The van der Waals surface area contributed by atoms with Crippen LogP contribution in [0.4, 0.5) is 0 Å². The second-order valence-electron chi connectivity index (χ2n) is 6.60. The Bertz CT molecular complexity index is 1080. The third kappa shape index (κ3) is 3.09. The number of fused-ring (bicyclic) bond motifs is 2. The number of halogens is 2. The molecule has 0 heterocycles. The molecule has 0 saturated carbocycles. The molecule has 28 heavy (non-hydrogen) atoms. The molecule has 0 atom stereocenters. The summed E-state index contributed by atoms with van der Waals surface area (Å²) in [5, 5.41) is 6.10. The van der Waals surface area contributed by atoms with Gasteiger partial charge in [0.2, 0.25) is 0 Å². The van der Waals surface area contributed by atoms with E-state index in [-0.39, 0.29) is 0 Å². The van der Waals surface area contributed by atoms with Gasteiger partial charge in [-0.2, -0.15) is 0 Å². The van der Waals surface area contributed by atoms with Crippen molar-refractivity contribution in [1.82, 2.24) is 0 Å². The maximum absolute atomic E-state index is 5.95. The van der Waals surface area contributed by atoms with Crippen molar-refractivity contribution in [2.45, 2.75) is 10.7 Å². The first-order chi connectivity index (χ1) is 13.7. The lowest BCUT2D eigenvalue weighted by Crippen LogP contribution is -2.00. The Morgan fingerprint density at radius 1 is 0.643 bits per heavy atom. The quantitative estimate of drug-likeness (QED) is 0.265. The molecule has 0 spiro atoms. The molecular weight excluding hydrogens is 480 g/mol. The van der Waals surface area contributed by atoms with E-state index in [0.717, 1.165) is 44.5 Å². The molecule has 0 bridgehead atoms. The molecule has 4 aromatic rings. The zero-order valence-electron chi connectivity index (χ0n) is 15.8. The lowest BCUT2D eigenvalue weighted by molar-refractivity contribution is 0.408. The molecule has 0 aliphatic rings. The van der Waals surface area contributed by atoms with Gasteiger partial charge < -0.3 is 9.47 Å². The van der Waals surface area contributed by atoms with Gasteiger partial charge in [-0.15, -0.1) is 0 Å². The molecule has 0 N–H and O–H groups in total. The van der Waals surface area contributed by atoms with E-state index < -0.39 is 0 Å². The standard InChI is InChI=1S/C24H20Br2O2/c1-27-23-17(13-25)11-15-7-3-5-9-19(15)21(23)22-20-10-6-4-8-16(20)12-18(14-26)24(22)28-2/h3-12H,13-14H2,1-2H3. The monoisotopic (exact) mass is 498 g/mol. The third-order valence-electron chi connectivity index (χ3n) is 5.10. The van der Waals surface area contributed by atoms with Crippen LogP contribution in [-0.4, -0.2) is 14.2 Å². The predicted octanol–water partition coefficient (Wildman–Crippen LogP) is 7.47. The molecular formula is C24H20Br2O2. The predicted molar refractivity (Wildman–Crippen MR) is 125 cm³/mol. The minimum Gasteiger partial charge on any atom is -0.496 e. The van der Waals surface area contributed by atoms with E-state index in [0.29, 0.717) is 10.7 Å². The van der Waals surface area contributed by atoms with Crippen LogP contribution in [-0.2, 0) is 10.7 Å². The van der Waals surface area contributed by atoms with E-state index in [9.17, 15) is 0 Å². The van der Waals surface area contributed by atoms with Crippen molar-refractivity contribution in [3.05, 3.63) is 71.8 Å². The van der Waals surface area contributed by atoms with Crippen LogP contribution in [0.2, 0.25) is 0 Å². The molecule has 0 radical (unpaired) electrons. The summed E-state index contributed by atoms with van der Waals surface area (Å²) in [5.74, 6) is 1.76. The van der Waals surface area contributed by atoms with Gasteiger partial charge in [0.1, 0.15) is 11.5 Å². The van der Waals surface area contributed by atoms with Crippen LogP contribution in [0.1, 0.15) is 11.1 Å². The number of benzene rings is 4. The van der Waals surface area contributed by atoms with Gasteiger partial charge >= 0.3 is 0 Å². The van der Waals surface area contributed by atoms with E-state index in [1.807, 2.05) is 0 Å². The second kappa shape index (κ2) is 8.14. The number of hydrogen-bond acceptors (Lipinski definition) is 2. The highest BCUT2D eigenvalue weighted by molar-refractivity contribution is 9.08. The van der Waals surface area contributed by atoms with Crippen molar-refractivity contribution in [3.8, 4) is 22.6 Å². The van der Waals surface area contributed by atoms with Gasteiger partial charge in [0.05, 0.1) is 14.2 Å². The summed E-state index contributed by atoms with van der Waals surface area (Å²) in [6, 6.07) is 21.3. The van der Waals surface area contributed by atoms with Crippen molar-refractivity contribution < 1.29 is 9.47 Å². The Morgan fingerprint density at radius 2 is 1.04 bits per heavy atom. The van der Waals surface area contributed by atoms with Crippen molar-refractivity contribution in [3.63, 3.8) is 0 Å². The fourth-order valence-electron chi connectivity index (χ4n) is 3.93. The summed E-state index contributed by atoms with van der Waals surface area (Å²) in [6.45, 7) is 0. The van der Waals surface area contributed by atoms with E-state index in [1.165, 1.54) is 10.8 Å². The van der Waals surface area contributed by atoms with E-state index in [4.69, 9.17) is 9.47 Å².